The number of piperazine rings is 1. The van der Waals surface area contributed by atoms with Crippen LogP contribution in [0.4, 0.5) is 0 Å². The monoisotopic (exact) mass is 355 g/mol. The van der Waals surface area contributed by atoms with E-state index in [-0.39, 0.29) is 12.0 Å². The summed E-state index contributed by atoms with van der Waals surface area (Å²) in [6, 6.07) is 5.64. The summed E-state index contributed by atoms with van der Waals surface area (Å²) in [7, 11) is 0. The van der Waals surface area contributed by atoms with Crippen LogP contribution in [0.15, 0.2) is 30.6 Å². The molecule has 0 N–H and O–H groups in total. The molecule has 7 nitrogen and oxygen atoms in total. The Balaban J connectivity index is 1.34. The van der Waals surface area contributed by atoms with Crippen molar-refractivity contribution in [2.45, 2.75) is 32.4 Å². The Morgan fingerprint density at radius 1 is 1.23 bits per heavy atom. The Morgan fingerprint density at radius 3 is 2.69 bits per heavy atom. The summed E-state index contributed by atoms with van der Waals surface area (Å²) in [6.07, 6.45) is 5.43. The molecular formula is C19H25N5O2. The van der Waals surface area contributed by atoms with Crippen molar-refractivity contribution in [2.24, 2.45) is 0 Å². The molecule has 4 heterocycles. The maximum atomic E-state index is 12.7. The van der Waals surface area contributed by atoms with Crippen LogP contribution in [0.1, 0.15) is 29.5 Å². The fourth-order valence-electron chi connectivity index (χ4n) is 3.71. The number of aromatic nitrogens is 3. The Morgan fingerprint density at radius 2 is 2.00 bits per heavy atom. The average Bonchev–Trinajstić information content (AvgIpc) is 3.21. The summed E-state index contributed by atoms with van der Waals surface area (Å²) in [4.78, 5) is 21.1. The highest BCUT2D eigenvalue weighted by Gasteiger charge is 2.29. The number of carbonyl (C=O) groups excluding carboxylic acids is 1. The number of rotatable bonds is 5. The van der Waals surface area contributed by atoms with Crippen molar-refractivity contribution in [2.75, 3.05) is 32.7 Å². The number of hydrogen-bond donors (Lipinski definition) is 0. The highest BCUT2D eigenvalue weighted by Crippen LogP contribution is 2.22. The molecule has 138 valence electrons. The summed E-state index contributed by atoms with van der Waals surface area (Å²) in [5, 5.41) is 4.53. The first-order chi connectivity index (χ1) is 12.7. The molecule has 0 bridgehead atoms. The van der Waals surface area contributed by atoms with Gasteiger partial charge in [-0.15, -0.1) is 0 Å². The van der Waals surface area contributed by atoms with Crippen LogP contribution in [-0.4, -0.2) is 69.3 Å². The van der Waals surface area contributed by atoms with Crippen molar-refractivity contribution >= 4 is 5.91 Å². The molecule has 0 aromatic carbocycles. The molecule has 1 fully saturated rings. The fourth-order valence-corrected chi connectivity index (χ4v) is 3.71. The number of carbonyl (C=O) groups is 1. The largest absolute Gasteiger partial charge is 0.488 e. The third-order valence-electron chi connectivity index (χ3n) is 5.05. The first-order valence-corrected chi connectivity index (χ1v) is 9.38. The van der Waals surface area contributed by atoms with Crippen molar-refractivity contribution < 1.29 is 9.53 Å². The van der Waals surface area contributed by atoms with Crippen LogP contribution in [-0.2, 0) is 13.0 Å². The molecule has 2 aliphatic heterocycles. The Labute approximate surface area is 153 Å². The summed E-state index contributed by atoms with van der Waals surface area (Å²) in [5.74, 6) is 0.867. The molecule has 7 heteroatoms. The van der Waals surface area contributed by atoms with Crippen LogP contribution >= 0.6 is 0 Å². The molecule has 1 saturated heterocycles. The standard InChI is InChI=1S/C19H25N5O2/c1-2-7-22-8-10-23(11-9-22)19(25)18-13-15-12-17(14-24(15)21-18)26-16-3-5-20-6-4-16/h3-6,13,17H,2,7-12,14H2,1H3/t17-/m0/s1. The quantitative estimate of drug-likeness (QED) is 0.812. The molecule has 0 saturated carbocycles. The smallest absolute Gasteiger partial charge is 0.274 e. The second kappa shape index (κ2) is 7.45. The highest BCUT2D eigenvalue weighted by molar-refractivity contribution is 5.92. The maximum Gasteiger partial charge on any atom is 0.274 e. The molecule has 0 unspecified atom stereocenters. The second-order valence-electron chi connectivity index (χ2n) is 6.96. The minimum absolute atomic E-state index is 0.0506. The highest BCUT2D eigenvalue weighted by atomic mass is 16.5. The molecule has 26 heavy (non-hydrogen) atoms. The topological polar surface area (TPSA) is 63.5 Å². The molecule has 0 aliphatic carbocycles. The van der Waals surface area contributed by atoms with E-state index in [1.54, 1.807) is 12.4 Å². The summed E-state index contributed by atoms with van der Waals surface area (Å²) in [5.41, 5.74) is 1.63. The number of amides is 1. The predicted molar refractivity (Wildman–Crippen MR) is 97.2 cm³/mol. The molecule has 4 rings (SSSR count). The molecular weight excluding hydrogens is 330 g/mol. The zero-order chi connectivity index (χ0) is 17.9. The number of nitrogens with zero attached hydrogens (tertiary/aromatic N) is 5. The zero-order valence-corrected chi connectivity index (χ0v) is 15.2. The van der Waals surface area contributed by atoms with Gasteiger partial charge in [0.25, 0.3) is 5.91 Å². The molecule has 0 radical (unpaired) electrons. The molecule has 2 aromatic rings. The first kappa shape index (κ1) is 17.0. The predicted octanol–water partition coefficient (Wildman–Crippen LogP) is 1.45. The second-order valence-corrected chi connectivity index (χ2v) is 6.96. The van der Waals surface area contributed by atoms with Gasteiger partial charge in [-0.2, -0.15) is 5.10 Å². The fraction of sp³-hybridized carbons (Fsp3) is 0.526. The molecule has 2 aromatic heterocycles. The normalized spacial score (nSPS) is 20.2. The van der Waals surface area contributed by atoms with E-state index in [9.17, 15) is 4.79 Å². The van der Waals surface area contributed by atoms with Gasteiger partial charge < -0.3 is 9.64 Å². The van der Waals surface area contributed by atoms with Gasteiger partial charge in [-0.1, -0.05) is 6.92 Å². The number of fused-ring (bicyclic) bond motifs is 1. The van der Waals surface area contributed by atoms with Gasteiger partial charge in [-0.05, 0) is 31.2 Å². The van der Waals surface area contributed by atoms with Crippen molar-refractivity contribution in [1.82, 2.24) is 24.6 Å². The number of pyridine rings is 1. The lowest BCUT2D eigenvalue weighted by molar-refractivity contribution is 0.0630. The minimum Gasteiger partial charge on any atom is -0.488 e. The lowest BCUT2D eigenvalue weighted by Gasteiger charge is -2.34. The van der Waals surface area contributed by atoms with E-state index in [2.05, 4.69) is 21.9 Å². The van der Waals surface area contributed by atoms with Crippen LogP contribution in [0, 0.1) is 0 Å². The van der Waals surface area contributed by atoms with Crippen molar-refractivity contribution in [1.29, 1.82) is 0 Å². The lowest BCUT2D eigenvalue weighted by Crippen LogP contribution is -2.48. The SMILES string of the molecule is CCCN1CCN(C(=O)c2cc3n(n2)C[C@@H](Oc2ccncc2)C3)CC1. The number of ether oxygens (including phenoxy) is 1. The van der Waals surface area contributed by atoms with Gasteiger partial charge >= 0.3 is 0 Å². The van der Waals surface area contributed by atoms with Gasteiger partial charge in [0, 0.05) is 50.7 Å². The average molecular weight is 355 g/mol. The van der Waals surface area contributed by atoms with E-state index in [1.807, 2.05) is 27.8 Å². The van der Waals surface area contributed by atoms with E-state index in [0.717, 1.165) is 57.0 Å². The van der Waals surface area contributed by atoms with Gasteiger partial charge in [-0.3, -0.25) is 19.4 Å². The van der Waals surface area contributed by atoms with Gasteiger partial charge in [-0.25, -0.2) is 0 Å². The third kappa shape index (κ3) is 3.58. The molecule has 2 aliphatic rings. The van der Waals surface area contributed by atoms with E-state index < -0.39 is 0 Å². The minimum atomic E-state index is 0.0506. The van der Waals surface area contributed by atoms with Gasteiger partial charge in [0.15, 0.2) is 5.69 Å². The molecule has 1 atom stereocenters. The molecule has 1 amide bonds. The molecule has 0 spiro atoms. The summed E-state index contributed by atoms with van der Waals surface area (Å²) < 4.78 is 7.88. The van der Waals surface area contributed by atoms with Gasteiger partial charge in [0.2, 0.25) is 0 Å². The van der Waals surface area contributed by atoms with Crippen molar-refractivity contribution in [3.05, 3.63) is 42.0 Å². The van der Waals surface area contributed by atoms with Crippen LogP contribution in [0.3, 0.4) is 0 Å². The van der Waals surface area contributed by atoms with Crippen LogP contribution in [0.25, 0.3) is 0 Å². The third-order valence-corrected chi connectivity index (χ3v) is 5.05. The first-order valence-electron chi connectivity index (χ1n) is 9.38. The van der Waals surface area contributed by atoms with Crippen LogP contribution < -0.4 is 4.74 Å². The number of hydrogen-bond acceptors (Lipinski definition) is 5. The van der Waals surface area contributed by atoms with E-state index in [4.69, 9.17) is 4.74 Å². The van der Waals surface area contributed by atoms with Crippen LogP contribution in [0.5, 0.6) is 5.75 Å². The zero-order valence-electron chi connectivity index (χ0n) is 15.2. The lowest BCUT2D eigenvalue weighted by atomic mass is 10.2. The summed E-state index contributed by atoms with van der Waals surface area (Å²) >= 11 is 0. The van der Waals surface area contributed by atoms with Crippen molar-refractivity contribution in [3.63, 3.8) is 0 Å². The van der Waals surface area contributed by atoms with E-state index >= 15 is 0 Å². The van der Waals surface area contributed by atoms with Gasteiger partial charge in [0.1, 0.15) is 11.9 Å². The Hall–Kier alpha value is -2.41. The summed E-state index contributed by atoms with van der Waals surface area (Å²) in [6.45, 7) is 7.46. The van der Waals surface area contributed by atoms with Crippen molar-refractivity contribution in [3.8, 4) is 5.75 Å². The van der Waals surface area contributed by atoms with E-state index in [1.165, 1.54) is 0 Å². The Kier molecular flexibility index (Phi) is 4.88. The van der Waals surface area contributed by atoms with Gasteiger partial charge in [0.05, 0.1) is 6.54 Å². The maximum absolute atomic E-state index is 12.7. The van der Waals surface area contributed by atoms with Crippen LogP contribution in [0.2, 0.25) is 0 Å². The van der Waals surface area contributed by atoms with E-state index in [0.29, 0.717) is 12.2 Å². The Bertz CT molecular complexity index is 729.